The van der Waals surface area contributed by atoms with Crippen molar-refractivity contribution < 1.29 is 14.3 Å². The van der Waals surface area contributed by atoms with E-state index in [-0.39, 0.29) is 17.4 Å². The molecule has 0 saturated heterocycles. The summed E-state index contributed by atoms with van der Waals surface area (Å²) in [7, 11) is 0. The summed E-state index contributed by atoms with van der Waals surface area (Å²) in [5.41, 5.74) is 4.90. The topological polar surface area (TPSA) is 88.4 Å². The molecule has 0 bridgehead atoms. The summed E-state index contributed by atoms with van der Waals surface area (Å²) >= 11 is 0. The second kappa shape index (κ2) is 9.56. The van der Waals surface area contributed by atoms with Crippen LogP contribution in [-0.2, 0) is 5.41 Å². The van der Waals surface area contributed by atoms with Gasteiger partial charge in [-0.15, -0.1) is 5.10 Å². The van der Waals surface area contributed by atoms with E-state index >= 15 is 0 Å². The third-order valence-corrected chi connectivity index (χ3v) is 6.78. The number of hydrogen-bond acceptors (Lipinski definition) is 5. The van der Waals surface area contributed by atoms with Gasteiger partial charge in [0.2, 0.25) is 5.89 Å². The molecule has 0 spiro atoms. The maximum absolute atomic E-state index is 11.4. The van der Waals surface area contributed by atoms with Crippen LogP contribution in [0.2, 0.25) is 0 Å². The average Bonchev–Trinajstić information content (AvgIpc) is 3.19. The largest absolute Gasteiger partial charge is 0.491 e. The molecule has 0 radical (unpaired) electrons. The molecule has 33 heavy (non-hydrogen) atoms. The van der Waals surface area contributed by atoms with Crippen LogP contribution in [0.4, 0.5) is 0 Å². The minimum atomic E-state index is -0.558. The van der Waals surface area contributed by atoms with E-state index in [1.807, 2.05) is 46.8 Å². The summed E-state index contributed by atoms with van der Waals surface area (Å²) in [6.07, 6.45) is 1.33. The number of aryl methyl sites for hydroxylation is 2. The van der Waals surface area contributed by atoms with Gasteiger partial charge in [-0.1, -0.05) is 58.9 Å². The van der Waals surface area contributed by atoms with E-state index < -0.39 is 11.9 Å². The van der Waals surface area contributed by atoms with Gasteiger partial charge in [0.05, 0.1) is 6.10 Å². The number of nitrogens with one attached hydrogen (secondary N) is 1. The molecule has 1 aromatic heterocycles. The van der Waals surface area contributed by atoms with Crippen LogP contribution in [0, 0.1) is 19.3 Å². The zero-order valence-corrected chi connectivity index (χ0v) is 20.8. The second-order valence-electron chi connectivity index (χ2n) is 9.91. The van der Waals surface area contributed by atoms with Gasteiger partial charge in [-0.3, -0.25) is 0 Å². The smallest absolute Gasteiger partial charge is 0.434 e. The van der Waals surface area contributed by atoms with Crippen molar-refractivity contribution in [1.82, 2.24) is 10.2 Å². The highest BCUT2D eigenvalue weighted by molar-refractivity contribution is 5.60. The first-order chi connectivity index (χ1) is 15.5. The molecule has 178 valence electrons. The summed E-state index contributed by atoms with van der Waals surface area (Å²) < 4.78 is 11.1. The number of hydrogen-bond donors (Lipinski definition) is 2. The highest BCUT2D eigenvalue weighted by atomic mass is 16.5. The Balaban J connectivity index is 1.94. The Hall–Kier alpha value is -2.86. The van der Waals surface area contributed by atoms with Gasteiger partial charge < -0.3 is 14.3 Å². The molecule has 6 heteroatoms. The number of benzene rings is 2. The van der Waals surface area contributed by atoms with Crippen LogP contribution in [-0.4, -0.2) is 28.0 Å². The SMILES string of the molecule is CCC(CC)(c1ccc(OCC(O)C(C)(C)C)c(C)c1)c1ccc(-c2n[nH]c(=O)o2)c(C)c1. The Morgan fingerprint density at radius 1 is 1.03 bits per heavy atom. The lowest BCUT2D eigenvalue weighted by atomic mass is 9.70. The Bertz CT molecular complexity index is 1150. The number of aromatic nitrogens is 2. The molecule has 1 unspecified atom stereocenters. The standard InChI is InChI=1S/C27H36N2O4/c1-8-27(9-2,19-10-12-21(17(3)14-19)24-28-29-25(31)33-24)20-11-13-22(18(4)15-20)32-16-23(30)26(5,6)7/h10-15,23,30H,8-9,16H2,1-7H3,(H,29,31). The normalized spacial score (nSPS) is 13.2. The van der Waals surface area contributed by atoms with E-state index in [1.54, 1.807) is 0 Å². The van der Waals surface area contributed by atoms with Gasteiger partial charge in [0.25, 0.3) is 0 Å². The number of ether oxygens (including phenoxy) is 1. The highest BCUT2D eigenvalue weighted by Gasteiger charge is 2.32. The van der Waals surface area contributed by atoms with Crippen molar-refractivity contribution in [1.29, 1.82) is 0 Å². The third kappa shape index (κ3) is 5.06. The highest BCUT2D eigenvalue weighted by Crippen LogP contribution is 2.41. The first-order valence-corrected chi connectivity index (χ1v) is 11.6. The van der Waals surface area contributed by atoms with E-state index in [0.717, 1.165) is 35.3 Å². The Morgan fingerprint density at radius 3 is 2.12 bits per heavy atom. The maximum Gasteiger partial charge on any atom is 0.434 e. The van der Waals surface area contributed by atoms with E-state index in [9.17, 15) is 9.90 Å². The number of H-pyrrole nitrogens is 1. The first-order valence-electron chi connectivity index (χ1n) is 11.6. The predicted molar refractivity (Wildman–Crippen MR) is 131 cm³/mol. The molecule has 0 amide bonds. The molecule has 1 heterocycles. The van der Waals surface area contributed by atoms with Crippen LogP contribution in [0.5, 0.6) is 5.75 Å². The Kier molecular flexibility index (Phi) is 7.17. The molecule has 1 atom stereocenters. The number of aliphatic hydroxyl groups excluding tert-OH is 1. The zero-order valence-electron chi connectivity index (χ0n) is 20.8. The number of nitrogens with zero attached hydrogens (tertiary/aromatic N) is 1. The lowest BCUT2D eigenvalue weighted by Crippen LogP contribution is -2.32. The molecule has 3 aromatic rings. The van der Waals surface area contributed by atoms with Gasteiger partial charge in [-0.2, -0.15) is 0 Å². The van der Waals surface area contributed by atoms with Gasteiger partial charge >= 0.3 is 5.76 Å². The minimum absolute atomic E-state index is 0.163. The fraction of sp³-hybridized carbons (Fsp3) is 0.481. The van der Waals surface area contributed by atoms with Crippen molar-refractivity contribution in [2.24, 2.45) is 5.41 Å². The van der Waals surface area contributed by atoms with Crippen molar-refractivity contribution in [2.75, 3.05) is 6.61 Å². The lowest BCUT2D eigenvalue weighted by molar-refractivity contribution is 0.0216. The van der Waals surface area contributed by atoms with Crippen LogP contribution < -0.4 is 10.5 Å². The first kappa shape index (κ1) is 24.8. The summed E-state index contributed by atoms with van der Waals surface area (Å²) in [6.45, 7) is 14.7. The van der Waals surface area contributed by atoms with Crippen LogP contribution in [0.1, 0.15) is 69.7 Å². The van der Waals surface area contributed by atoms with Crippen molar-refractivity contribution in [3.05, 3.63) is 69.2 Å². The van der Waals surface area contributed by atoms with Crippen molar-refractivity contribution in [2.45, 2.75) is 72.8 Å². The maximum atomic E-state index is 11.4. The predicted octanol–water partition coefficient (Wildman–Crippen LogP) is 5.54. The molecule has 0 fully saturated rings. The molecular formula is C27H36N2O4. The molecule has 3 rings (SSSR count). The Morgan fingerprint density at radius 2 is 1.64 bits per heavy atom. The molecule has 0 saturated carbocycles. The fourth-order valence-electron chi connectivity index (χ4n) is 4.31. The van der Waals surface area contributed by atoms with Crippen molar-refractivity contribution >= 4 is 0 Å². The van der Waals surface area contributed by atoms with Crippen molar-refractivity contribution in [3.63, 3.8) is 0 Å². The monoisotopic (exact) mass is 452 g/mol. The van der Waals surface area contributed by atoms with Crippen LogP contribution in [0.15, 0.2) is 45.6 Å². The second-order valence-corrected chi connectivity index (χ2v) is 9.91. The Labute approximate surface area is 196 Å². The van der Waals surface area contributed by atoms with Gasteiger partial charge in [0.15, 0.2) is 0 Å². The summed E-state index contributed by atoms with van der Waals surface area (Å²) in [5, 5.41) is 16.6. The molecular weight excluding hydrogens is 416 g/mol. The molecule has 0 aliphatic heterocycles. The minimum Gasteiger partial charge on any atom is -0.491 e. The number of rotatable bonds is 8. The van der Waals surface area contributed by atoms with Crippen LogP contribution >= 0.6 is 0 Å². The molecule has 6 nitrogen and oxygen atoms in total. The molecule has 0 aliphatic carbocycles. The average molecular weight is 453 g/mol. The van der Waals surface area contributed by atoms with Crippen LogP contribution in [0.25, 0.3) is 11.5 Å². The zero-order chi connectivity index (χ0) is 24.4. The van der Waals surface area contributed by atoms with Gasteiger partial charge in [0.1, 0.15) is 12.4 Å². The molecule has 2 N–H and O–H groups in total. The summed E-state index contributed by atoms with van der Waals surface area (Å²) in [4.78, 5) is 11.4. The van der Waals surface area contributed by atoms with Crippen molar-refractivity contribution in [3.8, 4) is 17.2 Å². The molecule has 2 aromatic carbocycles. The quantitative estimate of drug-likeness (QED) is 0.468. The summed E-state index contributed by atoms with van der Waals surface area (Å²) in [5.74, 6) is 0.540. The molecule has 0 aliphatic rings. The van der Waals surface area contributed by atoms with E-state index in [4.69, 9.17) is 9.15 Å². The third-order valence-electron chi connectivity index (χ3n) is 6.78. The van der Waals surface area contributed by atoms with Gasteiger partial charge in [-0.05, 0) is 66.5 Å². The number of aliphatic hydroxyl groups is 1. The lowest BCUT2D eigenvalue weighted by Gasteiger charge is -2.34. The number of aromatic amines is 1. The van der Waals surface area contributed by atoms with Gasteiger partial charge in [0, 0.05) is 11.0 Å². The van der Waals surface area contributed by atoms with Gasteiger partial charge in [-0.25, -0.2) is 9.89 Å². The summed E-state index contributed by atoms with van der Waals surface area (Å²) in [6, 6.07) is 12.6. The van der Waals surface area contributed by atoms with Crippen LogP contribution in [0.3, 0.4) is 0 Å². The fourth-order valence-corrected chi connectivity index (χ4v) is 4.31. The van der Waals surface area contributed by atoms with E-state index in [2.05, 4.69) is 48.3 Å². The van der Waals surface area contributed by atoms with E-state index in [0.29, 0.717) is 5.89 Å². The van der Waals surface area contributed by atoms with E-state index in [1.165, 1.54) is 11.1 Å².